The Bertz CT molecular complexity index is 443. The number of ether oxygens (including phenoxy) is 1. The van der Waals surface area contributed by atoms with Gasteiger partial charge in [-0.1, -0.05) is 12.1 Å². The van der Waals surface area contributed by atoms with Gasteiger partial charge in [-0.15, -0.1) is 0 Å². The number of fused-ring (bicyclic) bond motifs is 1. The summed E-state index contributed by atoms with van der Waals surface area (Å²) in [6.45, 7) is 0.797. The molecule has 1 amide bonds. The lowest BCUT2D eigenvalue weighted by Crippen LogP contribution is -2.41. The van der Waals surface area contributed by atoms with Crippen molar-refractivity contribution in [3.05, 3.63) is 29.3 Å². The van der Waals surface area contributed by atoms with E-state index in [1.165, 1.54) is 10.5 Å². The summed E-state index contributed by atoms with van der Waals surface area (Å²) in [5, 5.41) is 0. The van der Waals surface area contributed by atoms with Crippen LogP contribution < -0.4 is 10.5 Å². The average Bonchev–Trinajstić information content (AvgIpc) is 2.37. The molecule has 1 aliphatic heterocycles. The van der Waals surface area contributed by atoms with Crippen molar-refractivity contribution in [2.75, 3.05) is 20.7 Å². The summed E-state index contributed by atoms with van der Waals surface area (Å²) in [4.78, 5) is 13.2. The third kappa shape index (κ3) is 2.82. The van der Waals surface area contributed by atoms with E-state index < -0.39 is 6.04 Å². The number of carbonyl (C=O) groups is 1. The Kier molecular flexibility index (Phi) is 3.87. The first-order valence-electron chi connectivity index (χ1n) is 6.29. The smallest absolute Gasteiger partial charge is 0.239 e. The largest absolute Gasteiger partial charge is 0.493 e. The quantitative estimate of drug-likeness (QED) is 0.867. The molecule has 4 nitrogen and oxygen atoms in total. The van der Waals surface area contributed by atoms with Crippen molar-refractivity contribution in [2.24, 2.45) is 5.73 Å². The van der Waals surface area contributed by atoms with Gasteiger partial charge in [0.25, 0.3) is 0 Å². The van der Waals surface area contributed by atoms with Gasteiger partial charge in [-0.05, 0) is 36.5 Å². The molecule has 0 spiro atoms. The molecule has 1 atom stereocenters. The molecule has 0 aromatic heterocycles. The van der Waals surface area contributed by atoms with E-state index in [2.05, 4.69) is 6.07 Å². The van der Waals surface area contributed by atoms with Crippen LogP contribution >= 0.6 is 0 Å². The monoisotopic (exact) mass is 248 g/mol. The van der Waals surface area contributed by atoms with Crippen molar-refractivity contribution in [2.45, 2.75) is 25.3 Å². The molecule has 0 aliphatic carbocycles. The lowest BCUT2D eigenvalue weighted by atomic mass is 9.99. The predicted octanol–water partition coefficient (Wildman–Crippen LogP) is 0.970. The molecule has 0 saturated heterocycles. The number of carbonyl (C=O) groups excluding carboxylic acids is 1. The lowest BCUT2D eigenvalue weighted by molar-refractivity contribution is -0.130. The standard InChI is InChI=1S/C14H20N2O2/c1-16(2)14(17)12(15)9-10-5-6-13-11(8-10)4-3-7-18-13/h5-6,8,12H,3-4,7,9,15H2,1-2H3. The van der Waals surface area contributed by atoms with E-state index >= 15 is 0 Å². The van der Waals surface area contributed by atoms with Crippen molar-refractivity contribution in [1.29, 1.82) is 0 Å². The summed E-state index contributed by atoms with van der Waals surface area (Å²) in [5.74, 6) is 0.932. The molecule has 18 heavy (non-hydrogen) atoms. The number of hydrogen-bond donors (Lipinski definition) is 1. The van der Waals surface area contributed by atoms with Gasteiger partial charge in [-0.2, -0.15) is 0 Å². The topological polar surface area (TPSA) is 55.6 Å². The number of amides is 1. The molecule has 2 rings (SSSR count). The van der Waals surface area contributed by atoms with Gasteiger partial charge >= 0.3 is 0 Å². The fourth-order valence-corrected chi connectivity index (χ4v) is 2.21. The number of nitrogens with zero attached hydrogens (tertiary/aromatic N) is 1. The van der Waals surface area contributed by atoms with Gasteiger partial charge in [0.1, 0.15) is 5.75 Å². The second-order valence-electron chi connectivity index (χ2n) is 4.94. The van der Waals surface area contributed by atoms with Crippen LogP contribution in [-0.4, -0.2) is 37.6 Å². The predicted molar refractivity (Wildman–Crippen MR) is 70.6 cm³/mol. The molecule has 1 heterocycles. The second-order valence-corrected chi connectivity index (χ2v) is 4.94. The lowest BCUT2D eigenvalue weighted by Gasteiger charge is -2.20. The number of rotatable bonds is 3. The molecule has 1 aromatic carbocycles. The van der Waals surface area contributed by atoms with Crippen LogP contribution in [0, 0.1) is 0 Å². The normalized spacial score (nSPS) is 15.5. The Balaban J connectivity index is 2.08. The first-order chi connectivity index (χ1) is 8.58. The molecule has 1 aliphatic rings. The van der Waals surface area contributed by atoms with Crippen LogP contribution in [0.4, 0.5) is 0 Å². The Morgan fingerprint density at radius 3 is 3.00 bits per heavy atom. The first-order valence-corrected chi connectivity index (χ1v) is 6.29. The van der Waals surface area contributed by atoms with Gasteiger partial charge in [-0.25, -0.2) is 0 Å². The van der Waals surface area contributed by atoms with Gasteiger partial charge in [0, 0.05) is 14.1 Å². The minimum Gasteiger partial charge on any atom is -0.493 e. The number of likely N-dealkylation sites (N-methyl/N-ethyl adjacent to an activating group) is 1. The number of nitrogens with two attached hydrogens (primary N) is 1. The Morgan fingerprint density at radius 1 is 1.50 bits per heavy atom. The Morgan fingerprint density at radius 2 is 2.28 bits per heavy atom. The third-order valence-corrected chi connectivity index (χ3v) is 3.19. The molecule has 0 radical (unpaired) electrons. The molecule has 0 bridgehead atoms. The van der Waals surface area contributed by atoms with E-state index in [9.17, 15) is 4.79 Å². The molecule has 1 unspecified atom stereocenters. The third-order valence-electron chi connectivity index (χ3n) is 3.19. The van der Waals surface area contributed by atoms with Gasteiger partial charge in [0.15, 0.2) is 0 Å². The van der Waals surface area contributed by atoms with Crippen LogP contribution in [0.2, 0.25) is 0 Å². The van der Waals surface area contributed by atoms with Gasteiger partial charge < -0.3 is 15.4 Å². The van der Waals surface area contributed by atoms with Crippen molar-refractivity contribution in [3.8, 4) is 5.75 Å². The highest BCUT2D eigenvalue weighted by Gasteiger charge is 2.17. The van der Waals surface area contributed by atoms with E-state index in [1.807, 2.05) is 12.1 Å². The Hall–Kier alpha value is -1.55. The SMILES string of the molecule is CN(C)C(=O)C(N)Cc1ccc2c(c1)CCCO2. The second kappa shape index (κ2) is 5.40. The van der Waals surface area contributed by atoms with E-state index in [0.29, 0.717) is 6.42 Å². The zero-order chi connectivity index (χ0) is 13.1. The van der Waals surface area contributed by atoms with Crippen molar-refractivity contribution in [1.82, 2.24) is 4.90 Å². The van der Waals surface area contributed by atoms with Crippen LogP contribution in [0.1, 0.15) is 17.5 Å². The number of aryl methyl sites for hydroxylation is 1. The number of hydrogen-bond acceptors (Lipinski definition) is 3. The maximum atomic E-state index is 11.7. The minimum absolute atomic E-state index is 0.0380. The molecule has 0 fully saturated rings. The zero-order valence-electron chi connectivity index (χ0n) is 11.0. The van der Waals surface area contributed by atoms with Crippen LogP contribution in [0.25, 0.3) is 0 Å². The summed E-state index contributed by atoms with van der Waals surface area (Å²) in [6.07, 6.45) is 2.67. The van der Waals surface area contributed by atoms with Crippen molar-refractivity contribution < 1.29 is 9.53 Å². The summed E-state index contributed by atoms with van der Waals surface area (Å²) < 4.78 is 5.56. The van der Waals surface area contributed by atoms with Gasteiger partial charge in [0.2, 0.25) is 5.91 Å². The number of benzene rings is 1. The fraction of sp³-hybridized carbons (Fsp3) is 0.500. The summed E-state index contributed by atoms with van der Waals surface area (Å²) in [6, 6.07) is 5.61. The van der Waals surface area contributed by atoms with Crippen LogP contribution in [0.3, 0.4) is 0 Å². The molecule has 2 N–H and O–H groups in total. The maximum Gasteiger partial charge on any atom is 0.239 e. The van der Waals surface area contributed by atoms with Crippen molar-refractivity contribution in [3.63, 3.8) is 0 Å². The molecular formula is C14H20N2O2. The van der Waals surface area contributed by atoms with E-state index in [0.717, 1.165) is 30.8 Å². The van der Waals surface area contributed by atoms with E-state index in [-0.39, 0.29) is 5.91 Å². The molecule has 4 heteroatoms. The summed E-state index contributed by atoms with van der Waals surface area (Å²) in [5.41, 5.74) is 8.23. The van der Waals surface area contributed by atoms with E-state index in [4.69, 9.17) is 10.5 Å². The summed E-state index contributed by atoms with van der Waals surface area (Å²) >= 11 is 0. The van der Waals surface area contributed by atoms with Gasteiger partial charge in [-0.3, -0.25) is 4.79 Å². The van der Waals surface area contributed by atoms with Crippen LogP contribution in [0.15, 0.2) is 18.2 Å². The highest BCUT2D eigenvalue weighted by Crippen LogP contribution is 2.25. The molecule has 0 saturated carbocycles. The van der Waals surface area contributed by atoms with Crippen LogP contribution in [0.5, 0.6) is 5.75 Å². The molecule has 1 aromatic rings. The summed E-state index contributed by atoms with van der Waals surface area (Å²) in [7, 11) is 3.45. The van der Waals surface area contributed by atoms with Crippen LogP contribution in [-0.2, 0) is 17.6 Å². The first kappa shape index (κ1) is 12.9. The van der Waals surface area contributed by atoms with E-state index in [1.54, 1.807) is 14.1 Å². The van der Waals surface area contributed by atoms with Crippen molar-refractivity contribution >= 4 is 5.91 Å². The average molecular weight is 248 g/mol. The highest BCUT2D eigenvalue weighted by molar-refractivity contribution is 5.81. The molecule has 98 valence electrons. The van der Waals surface area contributed by atoms with Gasteiger partial charge in [0.05, 0.1) is 12.6 Å². The maximum absolute atomic E-state index is 11.7. The Labute approximate surface area is 108 Å². The highest BCUT2D eigenvalue weighted by atomic mass is 16.5. The molecular weight excluding hydrogens is 228 g/mol. The zero-order valence-corrected chi connectivity index (χ0v) is 11.0. The fourth-order valence-electron chi connectivity index (χ4n) is 2.21. The minimum atomic E-state index is -0.470.